The molecule has 2 amide bonds. The molecule has 0 radical (unpaired) electrons. The molecule has 0 aromatic heterocycles. The molecule has 28 heavy (non-hydrogen) atoms. The Kier molecular flexibility index (Phi) is 8.05. The van der Waals surface area contributed by atoms with Gasteiger partial charge >= 0.3 is 0 Å². The van der Waals surface area contributed by atoms with Crippen LogP contribution in [0.1, 0.15) is 59.9 Å². The second-order valence-electron chi connectivity index (χ2n) is 6.81. The van der Waals surface area contributed by atoms with Crippen molar-refractivity contribution in [3.8, 4) is 0 Å². The zero-order valence-electron chi connectivity index (χ0n) is 17.3. The van der Waals surface area contributed by atoms with Gasteiger partial charge in [-0.25, -0.2) is 0 Å². The SMILES string of the molecule is CCCCNC(=O)c1ccc(C(=O)Nc2ccc(N(CC)CC)cc2C)cc1. The van der Waals surface area contributed by atoms with Gasteiger partial charge < -0.3 is 15.5 Å². The monoisotopic (exact) mass is 381 g/mol. The van der Waals surface area contributed by atoms with Crippen LogP contribution in [0.2, 0.25) is 0 Å². The van der Waals surface area contributed by atoms with Crippen molar-refractivity contribution in [2.45, 2.75) is 40.5 Å². The van der Waals surface area contributed by atoms with Crippen molar-refractivity contribution in [2.75, 3.05) is 29.9 Å². The third-order valence-corrected chi connectivity index (χ3v) is 4.81. The number of unbranched alkanes of at least 4 members (excludes halogenated alkanes) is 1. The van der Waals surface area contributed by atoms with Crippen molar-refractivity contribution in [3.63, 3.8) is 0 Å². The van der Waals surface area contributed by atoms with E-state index in [1.165, 1.54) is 0 Å². The fourth-order valence-electron chi connectivity index (χ4n) is 3.02. The van der Waals surface area contributed by atoms with Crippen LogP contribution in [0.25, 0.3) is 0 Å². The van der Waals surface area contributed by atoms with Gasteiger partial charge in [0.15, 0.2) is 0 Å². The molecule has 0 aliphatic rings. The van der Waals surface area contributed by atoms with E-state index in [0.717, 1.165) is 42.9 Å². The fourth-order valence-corrected chi connectivity index (χ4v) is 3.02. The van der Waals surface area contributed by atoms with Crippen LogP contribution in [0.5, 0.6) is 0 Å². The molecule has 0 atom stereocenters. The zero-order valence-corrected chi connectivity index (χ0v) is 17.3. The molecule has 150 valence electrons. The molecule has 0 aliphatic heterocycles. The van der Waals surface area contributed by atoms with E-state index in [1.54, 1.807) is 24.3 Å². The van der Waals surface area contributed by atoms with Gasteiger partial charge in [0.25, 0.3) is 11.8 Å². The number of hydrogen-bond acceptors (Lipinski definition) is 3. The number of carbonyl (C=O) groups is 2. The average molecular weight is 382 g/mol. The highest BCUT2D eigenvalue weighted by Gasteiger charge is 2.11. The molecule has 0 unspecified atom stereocenters. The molecule has 0 heterocycles. The highest BCUT2D eigenvalue weighted by Crippen LogP contribution is 2.23. The van der Waals surface area contributed by atoms with Crippen molar-refractivity contribution < 1.29 is 9.59 Å². The number of aryl methyl sites for hydroxylation is 1. The van der Waals surface area contributed by atoms with Crippen molar-refractivity contribution in [1.82, 2.24) is 5.32 Å². The number of hydrogen-bond donors (Lipinski definition) is 2. The predicted octanol–water partition coefficient (Wildman–Crippen LogP) is 4.62. The van der Waals surface area contributed by atoms with Crippen molar-refractivity contribution in [3.05, 3.63) is 59.2 Å². The minimum atomic E-state index is -0.184. The lowest BCUT2D eigenvalue weighted by Crippen LogP contribution is -2.24. The first-order valence-corrected chi connectivity index (χ1v) is 10.0. The van der Waals surface area contributed by atoms with Crippen LogP contribution in [0, 0.1) is 6.92 Å². The second kappa shape index (κ2) is 10.5. The summed E-state index contributed by atoms with van der Waals surface area (Å²) in [4.78, 5) is 26.9. The Bertz CT molecular complexity index is 796. The largest absolute Gasteiger partial charge is 0.372 e. The summed E-state index contributed by atoms with van der Waals surface area (Å²) < 4.78 is 0. The van der Waals surface area contributed by atoms with Crippen LogP contribution in [0.4, 0.5) is 11.4 Å². The van der Waals surface area contributed by atoms with Gasteiger partial charge in [-0.2, -0.15) is 0 Å². The number of anilines is 2. The van der Waals surface area contributed by atoms with E-state index in [-0.39, 0.29) is 11.8 Å². The highest BCUT2D eigenvalue weighted by atomic mass is 16.2. The second-order valence-corrected chi connectivity index (χ2v) is 6.81. The summed E-state index contributed by atoms with van der Waals surface area (Å²) in [5.74, 6) is -0.292. The van der Waals surface area contributed by atoms with E-state index >= 15 is 0 Å². The standard InChI is InChI=1S/C23H31N3O2/c1-5-8-15-24-22(27)18-9-11-19(12-10-18)23(28)25-21-14-13-20(16-17(21)4)26(6-2)7-3/h9-14,16H,5-8,15H2,1-4H3,(H,24,27)(H,25,28). The first-order valence-electron chi connectivity index (χ1n) is 10.0. The molecule has 2 aromatic rings. The molecule has 2 N–H and O–H groups in total. The van der Waals surface area contributed by atoms with Gasteiger partial charge in [-0.3, -0.25) is 9.59 Å². The van der Waals surface area contributed by atoms with Gasteiger partial charge in [-0.1, -0.05) is 13.3 Å². The fraction of sp³-hybridized carbons (Fsp3) is 0.391. The molecular formula is C23H31N3O2. The van der Waals surface area contributed by atoms with Gasteiger partial charge in [0.05, 0.1) is 0 Å². The Hall–Kier alpha value is -2.82. The van der Waals surface area contributed by atoms with Crippen LogP contribution in [0.3, 0.4) is 0 Å². The van der Waals surface area contributed by atoms with E-state index in [0.29, 0.717) is 17.7 Å². The van der Waals surface area contributed by atoms with Gasteiger partial charge in [-0.15, -0.1) is 0 Å². The summed E-state index contributed by atoms with van der Waals surface area (Å²) in [5.41, 5.74) is 4.05. The Morgan fingerprint density at radius 1 is 0.893 bits per heavy atom. The summed E-state index contributed by atoms with van der Waals surface area (Å²) in [6.45, 7) is 10.9. The van der Waals surface area contributed by atoms with Gasteiger partial charge in [0.2, 0.25) is 0 Å². The maximum absolute atomic E-state index is 12.6. The van der Waals surface area contributed by atoms with Gasteiger partial charge in [0.1, 0.15) is 0 Å². The smallest absolute Gasteiger partial charge is 0.255 e. The Labute approximate surface area is 168 Å². The quantitative estimate of drug-likeness (QED) is 0.623. The van der Waals surface area contributed by atoms with Crippen molar-refractivity contribution in [2.24, 2.45) is 0 Å². The molecule has 0 fully saturated rings. The van der Waals surface area contributed by atoms with E-state index in [9.17, 15) is 9.59 Å². The summed E-state index contributed by atoms with van der Waals surface area (Å²) >= 11 is 0. The molecule has 0 aliphatic carbocycles. The number of nitrogens with one attached hydrogen (secondary N) is 2. The molecule has 2 rings (SSSR count). The number of rotatable bonds is 9. The Morgan fingerprint density at radius 3 is 2.04 bits per heavy atom. The molecule has 5 heteroatoms. The molecule has 5 nitrogen and oxygen atoms in total. The maximum Gasteiger partial charge on any atom is 0.255 e. The third kappa shape index (κ3) is 5.59. The van der Waals surface area contributed by atoms with Crippen LogP contribution in [0.15, 0.2) is 42.5 Å². The molecule has 0 spiro atoms. The first kappa shape index (κ1) is 21.5. The molecule has 0 saturated heterocycles. The Morgan fingerprint density at radius 2 is 1.50 bits per heavy atom. The summed E-state index contributed by atoms with van der Waals surface area (Å²) in [6.07, 6.45) is 1.99. The minimum absolute atomic E-state index is 0.108. The van der Waals surface area contributed by atoms with Gasteiger partial charge in [-0.05, 0) is 75.2 Å². The highest BCUT2D eigenvalue weighted by molar-refractivity contribution is 6.05. The Balaban J connectivity index is 2.03. The predicted molar refractivity (Wildman–Crippen MR) is 116 cm³/mol. The molecule has 0 saturated carbocycles. The van der Waals surface area contributed by atoms with Crippen LogP contribution >= 0.6 is 0 Å². The van der Waals surface area contributed by atoms with Gasteiger partial charge in [0, 0.05) is 42.1 Å². The lowest BCUT2D eigenvalue weighted by Gasteiger charge is -2.22. The average Bonchev–Trinajstić information content (AvgIpc) is 2.71. The first-order chi connectivity index (χ1) is 13.5. The summed E-state index contributed by atoms with van der Waals surface area (Å²) in [5, 5.41) is 5.84. The van der Waals surface area contributed by atoms with E-state index in [4.69, 9.17) is 0 Å². The zero-order chi connectivity index (χ0) is 20.5. The van der Waals surface area contributed by atoms with Crippen LogP contribution in [-0.2, 0) is 0 Å². The number of nitrogens with zero attached hydrogens (tertiary/aromatic N) is 1. The van der Waals surface area contributed by atoms with E-state index < -0.39 is 0 Å². The van der Waals surface area contributed by atoms with Crippen molar-refractivity contribution in [1.29, 1.82) is 0 Å². The van der Waals surface area contributed by atoms with E-state index in [1.807, 2.05) is 19.1 Å². The molecule has 2 aromatic carbocycles. The number of benzene rings is 2. The maximum atomic E-state index is 12.6. The van der Waals surface area contributed by atoms with E-state index in [2.05, 4.69) is 42.4 Å². The summed E-state index contributed by atoms with van der Waals surface area (Å²) in [6, 6.07) is 12.8. The molecule has 0 bridgehead atoms. The topological polar surface area (TPSA) is 61.4 Å². The lowest BCUT2D eigenvalue weighted by molar-refractivity contribution is 0.0951. The third-order valence-electron chi connectivity index (χ3n) is 4.81. The van der Waals surface area contributed by atoms with Crippen LogP contribution in [-0.4, -0.2) is 31.4 Å². The van der Waals surface area contributed by atoms with Crippen LogP contribution < -0.4 is 15.5 Å². The lowest BCUT2D eigenvalue weighted by atomic mass is 10.1. The normalized spacial score (nSPS) is 10.4. The number of carbonyl (C=O) groups excluding carboxylic acids is 2. The summed E-state index contributed by atoms with van der Waals surface area (Å²) in [7, 11) is 0. The van der Waals surface area contributed by atoms with Crippen molar-refractivity contribution >= 4 is 23.2 Å². The molecular weight excluding hydrogens is 350 g/mol. The number of amides is 2. The minimum Gasteiger partial charge on any atom is -0.372 e.